The predicted molar refractivity (Wildman–Crippen MR) is 113 cm³/mol. The maximum atomic E-state index is 6.05. The Morgan fingerprint density at radius 2 is 1.44 bits per heavy atom. The monoisotopic (exact) mass is 396 g/mol. The van der Waals surface area contributed by atoms with E-state index in [4.69, 9.17) is 32.9 Å². The smallest absolute Gasteiger partial charge is 0.119 e. The lowest BCUT2D eigenvalue weighted by molar-refractivity contribution is 0.415. The van der Waals surface area contributed by atoms with Gasteiger partial charge in [-0.15, -0.1) is 0 Å². The van der Waals surface area contributed by atoms with Crippen LogP contribution in [0.4, 0.5) is 11.4 Å². The van der Waals surface area contributed by atoms with E-state index in [1.54, 1.807) is 7.11 Å². The molecule has 0 bridgehead atoms. The molecule has 0 radical (unpaired) electrons. The summed E-state index contributed by atoms with van der Waals surface area (Å²) >= 11 is 12.0. The molecule has 136 valence electrons. The highest BCUT2D eigenvalue weighted by Crippen LogP contribution is 2.41. The Labute approximate surface area is 168 Å². The van der Waals surface area contributed by atoms with Crippen LogP contribution in [0.5, 0.6) is 5.75 Å². The van der Waals surface area contributed by atoms with Crippen molar-refractivity contribution in [2.24, 2.45) is 4.99 Å². The summed E-state index contributed by atoms with van der Waals surface area (Å²) in [6.07, 6.45) is 0.857. The molecule has 0 N–H and O–H groups in total. The molecule has 3 nitrogen and oxygen atoms in total. The van der Waals surface area contributed by atoms with Gasteiger partial charge < -0.3 is 9.64 Å². The molecule has 0 amide bonds. The number of ether oxygens (including phenoxy) is 1. The molecule has 5 heteroatoms. The summed E-state index contributed by atoms with van der Waals surface area (Å²) in [6.45, 7) is 0. The number of aliphatic imine (C=N–C) groups is 1. The number of rotatable bonds is 4. The Balaban J connectivity index is 1.69. The van der Waals surface area contributed by atoms with Crippen LogP contribution in [0.3, 0.4) is 0 Å². The van der Waals surface area contributed by atoms with Crippen LogP contribution in [-0.2, 0) is 0 Å². The maximum Gasteiger partial charge on any atom is 0.119 e. The Hall–Kier alpha value is -2.49. The standard InChI is InChI=1S/C22H18Cl2N2O/c1-27-20-12-10-19(11-13-20)26-21(15-2-4-16(23)5-3-15)14-22(26)25-18-8-6-17(24)7-9-18/h2-13,21H,14H2,1H3/b25-22+. The highest BCUT2D eigenvalue weighted by molar-refractivity contribution is 6.30. The molecule has 0 aliphatic carbocycles. The van der Waals surface area contributed by atoms with Crippen molar-refractivity contribution in [2.75, 3.05) is 12.0 Å². The minimum Gasteiger partial charge on any atom is -0.497 e. The lowest BCUT2D eigenvalue weighted by Crippen LogP contribution is -2.46. The summed E-state index contributed by atoms with van der Waals surface area (Å²) in [5.74, 6) is 1.85. The van der Waals surface area contributed by atoms with E-state index in [0.717, 1.165) is 34.4 Å². The van der Waals surface area contributed by atoms with Crippen molar-refractivity contribution in [1.29, 1.82) is 0 Å². The highest BCUT2D eigenvalue weighted by Gasteiger charge is 2.36. The molecular formula is C22H18Cl2N2O. The number of methoxy groups -OCH3 is 1. The Kier molecular flexibility index (Phi) is 5.06. The second-order valence-corrected chi connectivity index (χ2v) is 7.22. The number of anilines is 1. The topological polar surface area (TPSA) is 24.8 Å². The van der Waals surface area contributed by atoms with Gasteiger partial charge >= 0.3 is 0 Å². The first-order chi connectivity index (χ1) is 13.1. The second-order valence-electron chi connectivity index (χ2n) is 6.34. The fourth-order valence-electron chi connectivity index (χ4n) is 3.22. The summed E-state index contributed by atoms with van der Waals surface area (Å²) < 4.78 is 5.28. The van der Waals surface area contributed by atoms with Crippen LogP contribution >= 0.6 is 23.2 Å². The molecule has 1 unspecified atom stereocenters. The first kappa shape index (κ1) is 17.9. The molecule has 1 aliphatic rings. The van der Waals surface area contributed by atoms with Crippen LogP contribution in [0, 0.1) is 0 Å². The number of hydrogen-bond acceptors (Lipinski definition) is 2. The molecule has 1 aliphatic heterocycles. The maximum absolute atomic E-state index is 6.05. The zero-order valence-electron chi connectivity index (χ0n) is 14.8. The second kappa shape index (κ2) is 7.63. The molecular weight excluding hydrogens is 379 g/mol. The third-order valence-corrected chi connectivity index (χ3v) is 5.16. The summed E-state index contributed by atoms with van der Waals surface area (Å²) in [5, 5.41) is 1.45. The van der Waals surface area contributed by atoms with Crippen molar-refractivity contribution in [3.05, 3.63) is 88.4 Å². The molecule has 1 fully saturated rings. The first-order valence-electron chi connectivity index (χ1n) is 8.66. The van der Waals surface area contributed by atoms with Gasteiger partial charge in [0.15, 0.2) is 0 Å². The first-order valence-corrected chi connectivity index (χ1v) is 9.41. The van der Waals surface area contributed by atoms with Gasteiger partial charge in [-0.05, 0) is 66.2 Å². The fraction of sp³-hybridized carbons (Fsp3) is 0.136. The van der Waals surface area contributed by atoms with Crippen molar-refractivity contribution < 1.29 is 4.74 Å². The lowest BCUT2D eigenvalue weighted by atomic mass is 9.92. The predicted octanol–water partition coefficient (Wildman–Crippen LogP) is 6.68. The van der Waals surface area contributed by atoms with Crippen molar-refractivity contribution in [2.45, 2.75) is 12.5 Å². The van der Waals surface area contributed by atoms with Crippen LogP contribution < -0.4 is 9.64 Å². The van der Waals surface area contributed by atoms with Gasteiger partial charge in [0, 0.05) is 22.2 Å². The molecule has 0 spiro atoms. The van der Waals surface area contributed by atoms with Gasteiger partial charge in [-0.25, -0.2) is 4.99 Å². The van der Waals surface area contributed by atoms with Crippen molar-refractivity contribution in [3.8, 4) is 5.75 Å². The van der Waals surface area contributed by atoms with Crippen molar-refractivity contribution in [1.82, 2.24) is 0 Å². The molecule has 27 heavy (non-hydrogen) atoms. The van der Waals surface area contributed by atoms with Crippen LogP contribution in [0.15, 0.2) is 77.8 Å². The van der Waals surface area contributed by atoms with Gasteiger partial charge in [0.2, 0.25) is 0 Å². The average Bonchev–Trinajstić information content (AvgIpc) is 2.68. The van der Waals surface area contributed by atoms with Gasteiger partial charge in [-0.1, -0.05) is 35.3 Å². The molecule has 1 heterocycles. The van der Waals surface area contributed by atoms with E-state index in [-0.39, 0.29) is 6.04 Å². The number of benzene rings is 3. The summed E-state index contributed by atoms with van der Waals surface area (Å²) in [4.78, 5) is 7.07. The zero-order valence-corrected chi connectivity index (χ0v) is 16.3. The largest absolute Gasteiger partial charge is 0.497 e. The highest BCUT2D eigenvalue weighted by atomic mass is 35.5. The van der Waals surface area contributed by atoms with Gasteiger partial charge in [0.25, 0.3) is 0 Å². The Bertz CT molecular complexity index is 951. The van der Waals surface area contributed by atoms with E-state index < -0.39 is 0 Å². The van der Waals surface area contributed by atoms with Gasteiger partial charge in [-0.3, -0.25) is 0 Å². The van der Waals surface area contributed by atoms with Crippen LogP contribution in [0.1, 0.15) is 18.0 Å². The van der Waals surface area contributed by atoms with E-state index in [1.807, 2.05) is 48.5 Å². The molecule has 1 atom stereocenters. The Morgan fingerprint density at radius 1 is 0.852 bits per heavy atom. The van der Waals surface area contributed by atoms with Gasteiger partial charge in [0.1, 0.15) is 11.6 Å². The number of amidine groups is 1. The number of hydrogen-bond donors (Lipinski definition) is 0. The number of nitrogens with zero attached hydrogens (tertiary/aromatic N) is 2. The van der Waals surface area contributed by atoms with E-state index in [2.05, 4.69) is 29.2 Å². The van der Waals surface area contributed by atoms with E-state index in [1.165, 1.54) is 5.56 Å². The third-order valence-electron chi connectivity index (χ3n) is 4.66. The molecule has 0 saturated carbocycles. The molecule has 3 aromatic carbocycles. The molecule has 0 aromatic heterocycles. The minimum absolute atomic E-state index is 0.224. The van der Waals surface area contributed by atoms with Gasteiger partial charge in [0.05, 0.1) is 18.8 Å². The van der Waals surface area contributed by atoms with E-state index in [0.29, 0.717) is 5.02 Å². The summed E-state index contributed by atoms with van der Waals surface area (Å²) in [6, 6.07) is 23.8. The SMILES string of the molecule is COc1ccc(N2/C(=N/c3ccc(Cl)cc3)CC2c2ccc(Cl)cc2)cc1. The Morgan fingerprint density at radius 3 is 2.04 bits per heavy atom. The third kappa shape index (κ3) is 3.80. The molecule has 3 aromatic rings. The zero-order chi connectivity index (χ0) is 18.8. The van der Waals surface area contributed by atoms with Crippen LogP contribution in [-0.4, -0.2) is 12.9 Å². The minimum atomic E-state index is 0.224. The lowest BCUT2D eigenvalue weighted by Gasteiger charge is -2.44. The molecule has 1 saturated heterocycles. The van der Waals surface area contributed by atoms with Crippen LogP contribution in [0.25, 0.3) is 0 Å². The normalized spacial score (nSPS) is 17.7. The van der Waals surface area contributed by atoms with Gasteiger partial charge in [-0.2, -0.15) is 0 Å². The van der Waals surface area contributed by atoms with Crippen molar-refractivity contribution >= 4 is 40.4 Å². The van der Waals surface area contributed by atoms with E-state index >= 15 is 0 Å². The molecule has 4 rings (SSSR count). The summed E-state index contributed by atoms with van der Waals surface area (Å²) in [7, 11) is 1.67. The van der Waals surface area contributed by atoms with Crippen molar-refractivity contribution in [3.63, 3.8) is 0 Å². The summed E-state index contributed by atoms with van der Waals surface area (Å²) in [5.41, 5.74) is 3.18. The average molecular weight is 397 g/mol. The van der Waals surface area contributed by atoms with E-state index in [9.17, 15) is 0 Å². The number of halogens is 2. The van der Waals surface area contributed by atoms with Crippen LogP contribution in [0.2, 0.25) is 10.0 Å². The fourth-order valence-corrected chi connectivity index (χ4v) is 3.47. The quantitative estimate of drug-likeness (QED) is 0.490.